The highest BCUT2D eigenvalue weighted by molar-refractivity contribution is 7.96. The molecule has 1 aromatic carbocycles. The molecule has 0 heterocycles. The molecule has 68 valence electrons. The van der Waals surface area contributed by atoms with Crippen LogP contribution in [0.5, 0.6) is 0 Å². The Hall–Kier alpha value is -1.47. The van der Waals surface area contributed by atoms with Gasteiger partial charge in [0, 0.05) is 0 Å². The minimum absolute atomic E-state index is 0.469. The number of nitrogens with zero attached hydrogens (tertiary/aromatic N) is 1. The Balaban J connectivity index is 3.25. The van der Waals surface area contributed by atoms with Crippen LogP contribution in [-0.2, 0) is 14.0 Å². The lowest BCUT2D eigenvalue weighted by molar-refractivity contribution is 0.522. The zero-order valence-corrected chi connectivity index (χ0v) is 8.00. The van der Waals surface area contributed by atoms with Gasteiger partial charge in [-0.3, -0.25) is 0 Å². The van der Waals surface area contributed by atoms with Gasteiger partial charge in [0.05, 0.1) is 4.90 Å². The summed E-state index contributed by atoms with van der Waals surface area (Å²) < 4.78 is 16.1. The van der Waals surface area contributed by atoms with Crippen molar-refractivity contribution in [1.82, 2.24) is 0 Å². The summed E-state index contributed by atoms with van der Waals surface area (Å²) in [4.78, 5) is 0.469. The van der Waals surface area contributed by atoms with E-state index in [-0.39, 0.29) is 0 Å². The largest absolute Gasteiger partial charge is 0.329 e. The van der Waals surface area contributed by atoms with Crippen molar-refractivity contribution in [3.8, 4) is 6.26 Å². The second-order valence-electron chi connectivity index (χ2n) is 2.55. The van der Waals surface area contributed by atoms with Crippen molar-refractivity contribution < 1.29 is 8.39 Å². The third kappa shape index (κ3) is 2.01. The van der Waals surface area contributed by atoms with Crippen LogP contribution in [0, 0.1) is 18.4 Å². The van der Waals surface area contributed by atoms with Crippen molar-refractivity contribution >= 4 is 15.7 Å². The molecule has 0 aromatic heterocycles. The molecule has 0 N–H and O–H groups in total. The van der Waals surface area contributed by atoms with Crippen LogP contribution in [0.3, 0.4) is 0 Å². The molecular weight excluding hydrogens is 186 g/mol. The summed E-state index contributed by atoms with van der Waals surface area (Å²) in [5, 5.41) is 8.26. The van der Waals surface area contributed by atoms with Gasteiger partial charge in [-0.2, -0.15) is 0 Å². The lowest BCUT2D eigenvalue weighted by Crippen LogP contribution is -2.03. The molecule has 1 rings (SSSR count). The molecule has 3 nitrogen and oxygen atoms in total. The molecule has 0 fully saturated rings. The fraction of sp³-hybridized carbons (Fsp3) is 0.111. The molecule has 0 radical (unpaired) electrons. The molecular formula is C9H9NO2S. The first-order valence-electron chi connectivity index (χ1n) is 3.58. The Kier molecular flexibility index (Phi) is 2.59. The molecule has 0 amide bonds. The van der Waals surface area contributed by atoms with Gasteiger partial charge in [0.15, 0.2) is 9.80 Å². The van der Waals surface area contributed by atoms with E-state index in [2.05, 4.69) is 10.1 Å². The Bertz CT molecular complexity index is 443. The Morgan fingerprint density at radius 1 is 1.54 bits per heavy atom. The second kappa shape index (κ2) is 3.50. The summed E-state index contributed by atoms with van der Waals surface area (Å²) in [5.74, 6) is 3.37. The van der Waals surface area contributed by atoms with E-state index in [0.717, 1.165) is 5.56 Å². The number of benzene rings is 1. The Morgan fingerprint density at radius 2 is 2.15 bits per heavy atom. The van der Waals surface area contributed by atoms with Crippen molar-refractivity contribution in [1.29, 1.82) is 5.26 Å². The van der Waals surface area contributed by atoms with Crippen LogP contribution in [0.1, 0.15) is 5.56 Å². The normalized spacial score (nSPS) is 14.2. The highest BCUT2D eigenvalue weighted by Crippen LogP contribution is 2.15. The van der Waals surface area contributed by atoms with Crippen molar-refractivity contribution in [2.24, 2.45) is 0 Å². The fourth-order valence-corrected chi connectivity index (χ4v) is 2.07. The first-order valence-corrected chi connectivity index (χ1v) is 5.23. The van der Waals surface area contributed by atoms with Crippen molar-refractivity contribution in [3.63, 3.8) is 0 Å². The van der Waals surface area contributed by atoms with Crippen molar-refractivity contribution in [3.05, 3.63) is 29.8 Å². The Labute approximate surface area is 77.8 Å². The van der Waals surface area contributed by atoms with E-state index in [1.807, 2.05) is 6.07 Å². The van der Waals surface area contributed by atoms with Gasteiger partial charge in [0.2, 0.25) is 0 Å². The van der Waals surface area contributed by atoms with Crippen LogP contribution in [0.2, 0.25) is 0 Å². The highest BCUT2D eigenvalue weighted by Gasteiger charge is 2.10. The fourth-order valence-electron chi connectivity index (χ4n) is 1.01. The standard InChI is InChI=1S/C9H9NO2S/c1-8-5-3-4-6-9(8)13(2,11)12-7-10/h3-6H,2H2,1H3. The molecule has 1 aromatic rings. The van der Waals surface area contributed by atoms with E-state index >= 15 is 0 Å². The van der Waals surface area contributed by atoms with Gasteiger partial charge in [-0.1, -0.05) is 18.2 Å². The van der Waals surface area contributed by atoms with E-state index < -0.39 is 9.80 Å². The van der Waals surface area contributed by atoms with E-state index in [1.54, 1.807) is 25.1 Å². The molecule has 0 bridgehead atoms. The smallest absolute Gasteiger partial charge is 0.301 e. The number of rotatable bonds is 2. The van der Waals surface area contributed by atoms with Crippen LogP contribution in [0.15, 0.2) is 29.2 Å². The van der Waals surface area contributed by atoms with Gasteiger partial charge in [-0.15, -0.1) is 5.26 Å². The predicted molar refractivity (Wildman–Crippen MR) is 51.4 cm³/mol. The summed E-state index contributed by atoms with van der Waals surface area (Å²) in [5.41, 5.74) is 0.803. The van der Waals surface area contributed by atoms with Crippen molar-refractivity contribution in [2.45, 2.75) is 11.8 Å². The lowest BCUT2D eigenvalue weighted by Gasteiger charge is -2.07. The molecule has 0 aliphatic carbocycles. The zero-order chi connectivity index (χ0) is 9.90. The lowest BCUT2D eigenvalue weighted by atomic mass is 10.2. The molecule has 4 heteroatoms. The number of aryl methyl sites for hydroxylation is 1. The maximum Gasteiger partial charge on any atom is 0.301 e. The van der Waals surface area contributed by atoms with Gasteiger partial charge in [0.1, 0.15) is 0 Å². The molecule has 0 spiro atoms. The summed E-state index contributed by atoms with van der Waals surface area (Å²) in [6, 6.07) is 6.98. The minimum atomic E-state index is -2.90. The van der Waals surface area contributed by atoms with Crippen LogP contribution < -0.4 is 0 Å². The van der Waals surface area contributed by atoms with Crippen LogP contribution in [0.25, 0.3) is 0 Å². The maximum atomic E-state index is 11.7. The molecule has 1 atom stereocenters. The van der Waals surface area contributed by atoms with E-state index in [0.29, 0.717) is 4.90 Å². The van der Waals surface area contributed by atoms with E-state index in [4.69, 9.17) is 5.26 Å². The topological polar surface area (TPSA) is 50.1 Å². The maximum absolute atomic E-state index is 11.7. The van der Waals surface area contributed by atoms with Gasteiger partial charge in [-0.05, 0) is 24.4 Å². The SMILES string of the molecule is C=S(=O)(OC#N)c1ccccc1C. The van der Waals surface area contributed by atoms with E-state index in [1.165, 1.54) is 6.26 Å². The van der Waals surface area contributed by atoms with Crippen molar-refractivity contribution in [2.75, 3.05) is 0 Å². The van der Waals surface area contributed by atoms with Gasteiger partial charge in [-0.25, -0.2) is 4.21 Å². The molecule has 13 heavy (non-hydrogen) atoms. The minimum Gasteiger partial charge on any atom is -0.329 e. The first kappa shape index (κ1) is 9.62. The second-order valence-corrected chi connectivity index (χ2v) is 4.39. The Morgan fingerprint density at radius 3 is 2.69 bits per heavy atom. The summed E-state index contributed by atoms with van der Waals surface area (Å²) in [7, 11) is -2.90. The number of hydrogen-bond acceptors (Lipinski definition) is 3. The van der Waals surface area contributed by atoms with Gasteiger partial charge in [0.25, 0.3) is 0 Å². The first-order chi connectivity index (χ1) is 6.08. The molecule has 0 saturated heterocycles. The predicted octanol–water partition coefficient (Wildman–Crippen LogP) is 1.48. The molecule has 0 aliphatic heterocycles. The number of hydrogen-bond donors (Lipinski definition) is 0. The quantitative estimate of drug-likeness (QED) is 0.530. The number of nitriles is 1. The summed E-state index contributed by atoms with van der Waals surface area (Å²) in [6.45, 7) is 1.79. The monoisotopic (exact) mass is 195 g/mol. The van der Waals surface area contributed by atoms with Crippen LogP contribution in [0.4, 0.5) is 0 Å². The third-order valence-corrected chi connectivity index (χ3v) is 3.07. The molecule has 1 unspecified atom stereocenters. The highest BCUT2D eigenvalue weighted by atomic mass is 32.2. The summed E-state index contributed by atoms with van der Waals surface area (Å²) in [6.07, 6.45) is 1.40. The van der Waals surface area contributed by atoms with Crippen LogP contribution >= 0.6 is 0 Å². The van der Waals surface area contributed by atoms with E-state index in [9.17, 15) is 4.21 Å². The van der Waals surface area contributed by atoms with Gasteiger partial charge >= 0.3 is 6.26 Å². The third-order valence-electron chi connectivity index (χ3n) is 1.60. The molecule has 0 saturated carbocycles. The average molecular weight is 195 g/mol. The van der Waals surface area contributed by atoms with Crippen LogP contribution in [-0.4, -0.2) is 10.1 Å². The average Bonchev–Trinajstić information content (AvgIpc) is 2.04. The molecule has 0 aliphatic rings. The van der Waals surface area contributed by atoms with Gasteiger partial charge < -0.3 is 4.18 Å². The zero-order valence-electron chi connectivity index (χ0n) is 7.19. The summed E-state index contributed by atoms with van der Waals surface area (Å²) >= 11 is 0.